The average molecular weight is 251 g/mol. The second-order valence-corrected chi connectivity index (χ2v) is 7.09. The largest absolute Gasteiger partial charge is 0.336 e. The van der Waals surface area contributed by atoms with Crippen molar-refractivity contribution in [2.24, 2.45) is 17.8 Å². The molecule has 3 aliphatic rings. The van der Waals surface area contributed by atoms with Gasteiger partial charge in [-0.25, -0.2) is 0 Å². The maximum atomic E-state index is 12.7. The lowest BCUT2D eigenvalue weighted by molar-refractivity contribution is -0.136. The second-order valence-electron chi connectivity index (χ2n) is 7.09. The number of fused-ring (bicyclic) bond motifs is 1. The van der Waals surface area contributed by atoms with E-state index < -0.39 is 0 Å². The van der Waals surface area contributed by atoms with Crippen molar-refractivity contribution in [3.8, 4) is 0 Å². The summed E-state index contributed by atoms with van der Waals surface area (Å²) < 4.78 is 0. The van der Waals surface area contributed by atoms with Gasteiger partial charge in [0.2, 0.25) is 5.91 Å². The van der Waals surface area contributed by atoms with Crippen molar-refractivity contribution in [2.45, 2.75) is 31.8 Å². The Labute approximate surface area is 110 Å². The van der Waals surface area contributed by atoms with Crippen molar-refractivity contribution in [1.82, 2.24) is 15.1 Å². The lowest BCUT2D eigenvalue weighted by Crippen LogP contribution is -2.45. The summed E-state index contributed by atoms with van der Waals surface area (Å²) in [6.07, 6.45) is 1.09. The minimum absolute atomic E-state index is 0.0241. The molecule has 0 spiro atoms. The van der Waals surface area contributed by atoms with E-state index in [1.54, 1.807) is 0 Å². The van der Waals surface area contributed by atoms with Crippen molar-refractivity contribution in [3.05, 3.63) is 0 Å². The number of amides is 1. The standard InChI is InChI=1S/C14H25N3O/c1-14(2)5-9(16(3)4)8-17(14)13(18)12-10-6-15-7-11(10)12/h9-12,15H,5-8H2,1-4H3/t9?,10-,11+,12?. The van der Waals surface area contributed by atoms with Gasteiger partial charge in [0.25, 0.3) is 0 Å². The van der Waals surface area contributed by atoms with E-state index >= 15 is 0 Å². The van der Waals surface area contributed by atoms with Crippen molar-refractivity contribution >= 4 is 5.91 Å². The quantitative estimate of drug-likeness (QED) is 0.771. The predicted octanol–water partition coefficient (Wildman–Crippen LogP) is 0.393. The van der Waals surface area contributed by atoms with E-state index in [-0.39, 0.29) is 5.54 Å². The lowest BCUT2D eigenvalue weighted by Gasteiger charge is -2.32. The SMILES string of the molecule is CN(C)C1CN(C(=O)C2[C@H]3CNC[C@@H]23)C(C)(C)C1. The zero-order chi connectivity index (χ0) is 13.1. The first-order valence-corrected chi connectivity index (χ1v) is 7.10. The normalized spacial score (nSPS) is 41.3. The van der Waals surface area contributed by atoms with Crippen molar-refractivity contribution in [2.75, 3.05) is 33.7 Å². The molecule has 18 heavy (non-hydrogen) atoms. The third kappa shape index (κ3) is 1.77. The van der Waals surface area contributed by atoms with Crippen LogP contribution >= 0.6 is 0 Å². The Morgan fingerprint density at radius 3 is 2.39 bits per heavy atom. The Morgan fingerprint density at radius 2 is 1.89 bits per heavy atom. The number of carbonyl (C=O) groups excluding carboxylic acids is 1. The van der Waals surface area contributed by atoms with Gasteiger partial charge in [0, 0.05) is 24.0 Å². The molecule has 0 bridgehead atoms. The average Bonchev–Trinajstić information content (AvgIpc) is 2.66. The predicted molar refractivity (Wildman–Crippen MR) is 71.2 cm³/mol. The molecule has 3 rings (SSSR count). The van der Waals surface area contributed by atoms with Crippen LogP contribution in [0.15, 0.2) is 0 Å². The molecule has 4 nitrogen and oxygen atoms in total. The second kappa shape index (κ2) is 3.94. The van der Waals surface area contributed by atoms with Crippen LogP contribution in [0, 0.1) is 17.8 Å². The van der Waals surface area contributed by atoms with Gasteiger partial charge in [-0.05, 0) is 59.3 Å². The minimum atomic E-state index is 0.0241. The molecule has 1 saturated carbocycles. The molecule has 0 aromatic rings. The highest BCUT2D eigenvalue weighted by atomic mass is 16.2. The van der Waals surface area contributed by atoms with E-state index in [2.05, 4.69) is 43.1 Å². The molecule has 0 aromatic heterocycles. The monoisotopic (exact) mass is 251 g/mol. The molecule has 2 unspecified atom stereocenters. The van der Waals surface area contributed by atoms with Gasteiger partial charge >= 0.3 is 0 Å². The van der Waals surface area contributed by atoms with E-state index in [0.29, 0.717) is 29.7 Å². The van der Waals surface area contributed by atoms with Gasteiger partial charge in [0.05, 0.1) is 0 Å². The topological polar surface area (TPSA) is 35.6 Å². The molecule has 2 saturated heterocycles. The number of nitrogens with zero attached hydrogens (tertiary/aromatic N) is 2. The summed E-state index contributed by atoms with van der Waals surface area (Å²) in [5.74, 6) is 2.01. The Morgan fingerprint density at radius 1 is 1.28 bits per heavy atom. The smallest absolute Gasteiger partial charge is 0.226 e. The minimum Gasteiger partial charge on any atom is -0.336 e. The van der Waals surface area contributed by atoms with Crippen LogP contribution in [0.2, 0.25) is 0 Å². The fourth-order valence-corrected chi connectivity index (χ4v) is 3.91. The highest BCUT2D eigenvalue weighted by Gasteiger charge is 2.59. The Balaban J connectivity index is 1.70. The van der Waals surface area contributed by atoms with Crippen molar-refractivity contribution < 1.29 is 4.79 Å². The molecular formula is C14H25N3O. The van der Waals surface area contributed by atoms with E-state index in [1.165, 1.54) is 0 Å². The molecular weight excluding hydrogens is 226 g/mol. The molecule has 3 fully saturated rings. The number of carbonyl (C=O) groups is 1. The summed E-state index contributed by atoms with van der Waals surface area (Å²) in [6, 6.07) is 0.515. The molecule has 2 heterocycles. The summed E-state index contributed by atoms with van der Waals surface area (Å²) in [5, 5.41) is 3.37. The fourth-order valence-electron chi connectivity index (χ4n) is 3.91. The molecule has 2 aliphatic heterocycles. The molecule has 1 N–H and O–H groups in total. The maximum absolute atomic E-state index is 12.7. The van der Waals surface area contributed by atoms with Crippen molar-refractivity contribution in [1.29, 1.82) is 0 Å². The molecule has 1 aliphatic carbocycles. The molecule has 0 aromatic carbocycles. The van der Waals surface area contributed by atoms with Crippen LogP contribution in [-0.4, -0.2) is 61.0 Å². The molecule has 1 amide bonds. The third-order valence-electron chi connectivity index (χ3n) is 5.23. The summed E-state index contributed by atoms with van der Waals surface area (Å²) in [6.45, 7) is 7.43. The number of hydrogen-bond acceptors (Lipinski definition) is 3. The summed E-state index contributed by atoms with van der Waals surface area (Å²) in [7, 11) is 4.23. The number of rotatable bonds is 2. The molecule has 0 radical (unpaired) electrons. The Hall–Kier alpha value is -0.610. The van der Waals surface area contributed by atoms with E-state index in [9.17, 15) is 4.79 Å². The number of hydrogen-bond donors (Lipinski definition) is 1. The molecule has 4 atom stereocenters. The van der Waals surface area contributed by atoms with E-state index in [0.717, 1.165) is 26.1 Å². The van der Waals surface area contributed by atoms with Gasteiger partial charge in [-0.15, -0.1) is 0 Å². The van der Waals surface area contributed by atoms with Gasteiger partial charge in [-0.2, -0.15) is 0 Å². The maximum Gasteiger partial charge on any atom is 0.226 e. The summed E-state index contributed by atoms with van der Waals surface area (Å²) >= 11 is 0. The van der Waals surface area contributed by atoms with Crippen LogP contribution in [0.1, 0.15) is 20.3 Å². The zero-order valence-electron chi connectivity index (χ0n) is 11.9. The molecule has 102 valence electrons. The number of nitrogens with one attached hydrogen (secondary N) is 1. The lowest BCUT2D eigenvalue weighted by atomic mass is 9.99. The Kier molecular flexibility index (Phi) is 2.72. The highest BCUT2D eigenvalue weighted by Crippen LogP contribution is 2.51. The van der Waals surface area contributed by atoms with Crippen LogP contribution in [0.5, 0.6) is 0 Å². The summed E-state index contributed by atoms with van der Waals surface area (Å²) in [4.78, 5) is 17.1. The number of likely N-dealkylation sites (tertiary alicyclic amines) is 1. The van der Waals surface area contributed by atoms with Crippen LogP contribution in [-0.2, 0) is 4.79 Å². The van der Waals surface area contributed by atoms with Crippen molar-refractivity contribution in [3.63, 3.8) is 0 Å². The van der Waals surface area contributed by atoms with E-state index in [1.807, 2.05) is 0 Å². The highest BCUT2D eigenvalue weighted by molar-refractivity contribution is 5.83. The Bertz CT molecular complexity index is 356. The summed E-state index contributed by atoms with van der Waals surface area (Å²) in [5.41, 5.74) is 0.0241. The number of likely N-dealkylation sites (N-methyl/N-ethyl adjacent to an activating group) is 1. The fraction of sp³-hybridized carbons (Fsp3) is 0.929. The van der Waals surface area contributed by atoms with Gasteiger partial charge < -0.3 is 15.1 Å². The van der Waals surface area contributed by atoms with Crippen LogP contribution < -0.4 is 5.32 Å². The first-order valence-electron chi connectivity index (χ1n) is 7.10. The van der Waals surface area contributed by atoms with Gasteiger partial charge in [0.15, 0.2) is 0 Å². The molecule has 4 heteroatoms. The van der Waals surface area contributed by atoms with Gasteiger partial charge in [0.1, 0.15) is 0 Å². The van der Waals surface area contributed by atoms with Crippen LogP contribution in [0.4, 0.5) is 0 Å². The van der Waals surface area contributed by atoms with Gasteiger partial charge in [-0.3, -0.25) is 4.79 Å². The third-order valence-corrected chi connectivity index (χ3v) is 5.23. The van der Waals surface area contributed by atoms with E-state index in [4.69, 9.17) is 0 Å². The first-order chi connectivity index (χ1) is 8.42. The van der Waals surface area contributed by atoms with Crippen LogP contribution in [0.3, 0.4) is 0 Å². The first kappa shape index (κ1) is 12.4. The van der Waals surface area contributed by atoms with Gasteiger partial charge in [-0.1, -0.05) is 0 Å². The zero-order valence-corrected chi connectivity index (χ0v) is 11.9. The number of piperidine rings is 1. The van der Waals surface area contributed by atoms with Crippen LogP contribution in [0.25, 0.3) is 0 Å².